The molecule has 0 bridgehead atoms. The molecule has 4 rings (SSSR count). The number of amides is 1. The molecule has 1 aliphatic rings. The van der Waals surface area contributed by atoms with Crippen molar-refractivity contribution in [1.82, 2.24) is 9.80 Å². The molecule has 1 atom stereocenters. The minimum absolute atomic E-state index is 0.121. The largest absolute Gasteiger partial charge is 0.450 e. The maximum atomic E-state index is 13.3. The Morgan fingerprint density at radius 3 is 2.52 bits per heavy atom. The second kappa shape index (κ2) is 6.67. The van der Waals surface area contributed by atoms with Gasteiger partial charge in [-0.15, -0.1) is 0 Å². The summed E-state index contributed by atoms with van der Waals surface area (Å²) in [6.07, 6.45) is 0. The van der Waals surface area contributed by atoms with Crippen molar-refractivity contribution in [1.29, 1.82) is 0 Å². The molecule has 2 aromatic carbocycles. The van der Waals surface area contributed by atoms with Crippen LogP contribution in [0.4, 0.5) is 0 Å². The van der Waals surface area contributed by atoms with E-state index in [1.54, 1.807) is 11.0 Å². The third kappa shape index (κ3) is 2.94. The van der Waals surface area contributed by atoms with Crippen molar-refractivity contribution < 1.29 is 9.21 Å². The topological polar surface area (TPSA) is 53.8 Å². The zero-order valence-electron chi connectivity index (χ0n) is 15.7. The van der Waals surface area contributed by atoms with Crippen molar-refractivity contribution >= 4 is 16.9 Å². The Balaban J connectivity index is 1.95. The Hall–Kier alpha value is -2.92. The monoisotopic (exact) mass is 362 g/mol. The number of aryl methyl sites for hydroxylation is 1. The van der Waals surface area contributed by atoms with Gasteiger partial charge in [0, 0.05) is 13.1 Å². The van der Waals surface area contributed by atoms with Gasteiger partial charge in [-0.05, 0) is 38.7 Å². The smallest absolute Gasteiger partial charge is 0.290 e. The second-order valence-corrected chi connectivity index (χ2v) is 7.29. The predicted octanol–water partition coefficient (Wildman–Crippen LogP) is 3.21. The molecule has 0 fully saturated rings. The SMILES string of the molecule is Cc1ccc2oc3c(c(=O)c2c1)C(c1ccccc1)N(CCN(C)C)C3=O. The van der Waals surface area contributed by atoms with Gasteiger partial charge in [-0.3, -0.25) is 9.59 Å². The highest BCUT2D eigenvalue weighted by Crippen LogP contribution is 2.37. The van der Waals surface area contributed by atoms with Crippen LogP contribution in [0, 0.1) is 6.92 Å². The van der Waals surface area contributed by atoms with E-state index in [0.717, 1.165) is 11.1 Å². The highest BCUT2D eigenvalue weighted by molar-refractivity contribution is 5.99. The van der Waals surface area contributed by atoms with Gasteiger partial charge in [0.25, 0.3) is 5.91 Å². The van der Waals surface area contributed by atoms with E-state index in [9.17, 15) is 9.59 Å². The first-order chi connectivity index (χ1) is 13.0. The molecule has 27 heavy (non-hydrogen) atoms. The van der Waals surface area contributed by atoms with Gasteiger partial charge in [-0.25, -0.2) is 0 Å². The molecule has 1 aliphatic heterocycles. The number of nitrogens with zero attached hydrogens (tertiary/aromatic N) is 2. The van der Waals surface area contributed by atoms with Crippen molar-refractivity contribution in [3.05, 3.63) is 81.2 Å². The normalized spacial score (nSPS) is 16.4. The van der Waals surface area contributed by atoms with Gasteiger partial charge in [0.2, 0.25) is 5.76 Å². The zero-order valence-corrected chi connectivity index (χ0v) is 15.7. The van der Waals surface area contributed by atoms with Crippen LogP contribution in [0.25, 0.3) is 11.0 Å². The number of fused-ring (bicyclic) bond motifs is 2. The van der Waals surface area contributed by atoms with E-state index in [-0.39, 0.29) is 17.1 Å². The number of likely N-dealkylation sites (N-methyl/N-ethyl adjacent to an activating group) is 1. The van der Waals surface area contributed by atoms with E-state index < -0.39 is 6.04 Å². The summed E-state index contributed by atoms with van der Waals surface area (Å²) in [5.41, 5.74) is 2.69. The Morgan fingerprint density at radius 1 is 1.07 bits per heavy atom. The maximum Gasteiger partial charge on any atom is 0.290 e. The minimum atomic E-state index is -0.421. The molecule has 0 spiro atoms. The van der Waals surface area contributed by atoms with Crippen molar-refractivity contribution in [2.75, 3.05) is 27.2 Å². The molecule has 1 unspecified atom stereocenters. The van der Waals surface area contributed by atoms with Gasteiger partial charge in [-0.1, -0.05) is 42.0 Å². The molecule has 2 heterocycles. The lowest BCUT2D eigenvalue weighted by Crippen LogP contribution is -2.35. The first-order valence-electron chi connectivity index (χ1n) is 9.05. The third-order valence-electron chi connectivity index (χ3n) is 5.02. The van der Waals surface area contributed by atoms with Crippen molar-refractivity contribution in [3.63, 3.8) is 0 Å². The Labute approximate surface area is 157 Å². The summed E-state index contributed by atoms with van der Waals surface area (Å²) >= 11 is 0. The minimum Gasteiger partial charge on any atom is -0.450 e. The quantitative estimate of drug-likeness (QED) is 0.715. The number of hydrogen-bond donors (Lipinski definition) is 0. The molecule has 1 aromatic heterocycles. The molecule has 0 aliphatic carbocycles. The van der Waals surface area contributed by atoms with E-state index in [0.29, 0.717) is 29.6 Å². The van der Waals surface area contributed by atoms with Crippen LogP contribution in [-0.4, -0.2) is 42.9 Å². The van der Waals surface area contributed by atoms with Gasteiger partial charge in [0.15, 0.2) is 5.43 Å². The first-order valence-corrected chi connectivity index (χ1v) is 9.05. The van der Waals surface area contributed by atoms with Crippen molar-refractivity contribution in [2.24, 2.45) is 0 Å². The molecule has 0 saturated heterocycles. The van der Waals surface area contributed by atoms with Crippen LogP contribution in [0.15, 0.2) is 57.7 Å². The highest BCUT2D eigenvalue weighted by atomic mass is 16.3. The van der Waals surface area contributed by atoms with Gasteiger partial charge in [-0.2, -0.15) is 0 Å². The van der Waals surface area contributed by atoms with Crippen LogP contribution in [0.5, 0.6) is 0 Å². The van der Waals surface area contributed by atoms with Crippen molar-refractivity contribution in [3.8, 4) is 0 Å². The summed E-state index contributed by atoms with van der Waals surface area (Å²) in [6.45, 7) is 3.16. The standard InChI is InChI=1S/C22H22N2O3/c1-14-9-10-17-16(13-14)20(25)18-19(15-7-5-4-6-8-15)24(12-11-23(2)3)22(26)21(18)27-17/h4-10,13,19H,11-12H2,1-3H3. The van der Waals surface area contributed by atoms with E-state index >= 15 is 0 Å². The van der Waals surface area contributed by atoms with Crippen LogP contribution in [0.1, 0.15) is 33.3 Å². The van der Waals surface area contributed by atoms with Crippen LogP contribution >= 0.6 is 0 Å². The van der Waals surface area contributed by atoms with Crippen LogP contribution in [0.2, 0.25) is 0 Å². The molecule has 3 aromatic rings. The Kier molecular flexibility index (Phi) is 4.32. The molecular formula is C22H22N2O3. The fourth-order valence-electron chi connectivity index (χ4n) is 3.65. The first kappa shape index (κ1) is 17.5. The van der Waals surface area contributed by atoms with E-state index in [2.05, 4.69) is 0 Å². The average Bonchev–Trinajstić information content (AvgIpc) is 2.94. The lowest BCUT2D eigenvalue weighted by molar-refractivity contribution is 0.0716. The van der Waals surface area contributed by atoms with Crippen molar-refractivity contribution in [2.45, 2.75) is 13.0 Å². The van der Waals surface area contributed by atoms with Gasteiger partial charge in [0.05, 0.1) is 17.0 Å². The molecule has 1 amide bonds. The number of hydrogen-bond acceptors (Lipinski definition) is 4. The molecule has 0 saturated carbocycles. The summed E-state index contributed by atoms with van der Waals surface area (Å²) < 4.78 is 5.94. The van der Waals surface area contributed by atoms with E-state index in [4.69, 9.17) is 4.42 Å². The lowest BCUT2D eigenvalue weighted by Gasteiger charge is -2.26. The fourth-order valence-corrected chi connectivity index (χ4v) is 3.65. The van der Waals surface area contributed by atoms with E-state index in [1.165, 1.54) is 0 Å². The second-order valence-electron chi connectivity index (χ2n) is 7.29. The molecule has 5 heteroatoms. The van der Waals surface area contributed by atoms with Gasteiger partial charge in [0.1, 0.15) is 5.58 Å². The molecule has 0 radical (unpaired) electrons. The van der Waals surface area contributed by atoms with Crippen LogP contribution in [0.3, 0.4) is 0 Å². The molecule has 138 valence electrons. The Bertz CT molecular complexity index is 1070. The van der Waals surface area contributed by atoms with Gasteiger partial charge >= 0.3 is 0 Å². The number of carbonyl (C=O) groups excluding carboxylic acids is 1. The molecule has 0 N–H and O–H groups in total. The number of benzene rings is 2. The maximum absolute atomic E-state index is 13.3. The number of rotatable bonds is 4. The summed E-state index contributed by atoms with van der Waals surface area (Å²) in [4.78, 5) is 30.2. The summed E-state index contributed by atoms with van der Waals surface area (Å²) in [6, 6.07) is 14.7. The molecule has 5 nitrogen and oxygen atoms in total. The summed E-state index contributed by atoms with van der Waals surface area (Å²) in [5.74, 6) is -0.0516. The zero-order chi connectivity index (χ0) is 19.1. The van der Waals surface area contributed by atoms with E-state index in [1.807, 2.05) is 68.4 Å². The fraction of sp³-hybridized carbons (Fsp3) is 0.273. The molecular weight excluding hydrogens is 340 g/mol. The van der Waals surface area contributed by atoms with Crippen LogP contribution in [-0.2, 0) is 0 Å². The van der Waals surface area contributed by atoms with Crippen LogP contribution < -0.4 is 5.43 Å². The highest BCUT2D eigenvalue weighted by Gasteiger charge is 2.42. The van der Waals surface area contributed by atoms with Gasteiger partial charge < -0.3 is 14.2 Å². The summed E-state index contributed by atoms with van der Waals surface area (Å²) in [7, 11) is 3.93. The average molecular weight is 362 g/mol. The predicted molar refractivity (Wildman–Crippen MR) is 105 cm³/mol. The Morgan fingerprint density at radius 2 is 1.81 bits per heavy atom. The summed E-state index contributed by atoms with van der Waals surface area (Å²) in [5, 5.41) is 0.525. The third-order valence-corrected chi connectivity index (χ3v) is 5.02. The lowest BCUT2D eigenvalue weighted by atomic mass is 9.98. The number of carbonyl (C=O) groups is 1.